The monoisotopic (exact) mass is 679 g/mol. The first-order valence-electron chi connectivity index (χ1n) is 15.4. The number of allylic oxidation sites excluding steroid dienone is 3. The summed E-state index contributed by atoms with van der Waals surface area (Å²) in [6, 6.07) is 15.8. The Morgan fingerprint density at radius 3 is 1.98 bits per heavy atom. The van der Waals surface area contributed by atoms with Crippen molar-refractivity contribution in [2.24, 2.45) is 4.99 Å². The van der Waals surface area contributed by atoms with E-state index >= 15 is 0 Å². The maximum absolute atomic E-state index is 14.8. The molecule has 0 amide bonds. The molecule has 0 bridgehead atoms. The van der Waals surface area contributed by atoms with Crippen molar-refractivity contribution in [3.05, 3.63) is 120 Å². The van der Waals surface area contributed by atoms with E-state index in [1.807, 2.05) is 11.2 Å². The second-order valence-corrected chi connectivity index (χ2v) is 10.8. The Hall–Kier alpha value is -4.79. The number of rotatable bonds is 17. The number of hydrogen-bond acceptors (Lipinski definition) is 5. The van der Waals surface area contributed by atoms with Crippen LogP contribution in [0.5, 0.6) is 17.2 Å². The van der Waals surface area contributed by atoms with E-state index in [0.29, 0.717) is 43.1 Å². The molecule has 4 nitrogen and oxygen atoms in total. The van der Waals surface area contributed by atoms with Crippen LogP contribution in [0.25, 0.3) is 22.3 Å². The normalized spacial score (nSPS) is 11.2. The van der Waals surface area contributed by atoms with Crippen molar-refractivity contribution in [1.29, 1.82) is 0 Å². The highest BCUT2D eigenvalue weighted by atomic mass is 32.1. The van der Waals surface area contributed by atoms with Crippen molar-refractivity contribution in [2.75, 3.05) is 19.8 Å². The number of aliphatic imine (C=N–C) groups is 1. The van der Waals surface area contributed by atoms with Crippen LogP contribution in [-0.4, -0.2) is 25.0 Å². The average molecular weight is 680 g/mol. The molecule has 0 N–H and O–H groups in total. The standard InChI is InChI=1S/C38H34F5NO3S/c1-3-5-8-25(9-6-19-46-28-13-11-26(12-14-28)31-17-18-35(45-4-2)37(43)36(31)42)10-7-20-47-29-15-16-30(32(39)23-29)27-21-33(40)38(44-24-48)34(41)22-27/h3,8,11-18,21-23H,1,4-7,9-10,19-20H2,2H3/b25-8+. The molecular weight excluding hydrogens is 645 g/mol. The lowest BCUT2D eigenvalue weighted by Gasteiger charge is -2.12. The van der Waals surface area contributed by atoms with Crippen molar-refractivity contribution in [3.8, 4) is 39.5 Å². The van der Waals surface area contributed by atoms with Crippen LogP contribution < -0.4 is 14.2 Å². The topological polar surface area (TPSA) is 40.0 Å². The van der Waals surface area contributed by atoms with Gasteiger partial charge in [0.25, 0.3) is 0 Å². The van der Waals surface area contributed by atoms with E-state index < -0.39 is 34.8 Å². The van der Waals surface area contributed by atoms with Crippen LogP contribution in [0.1, 0.15) is 39.0 Å². The molecule has 0 aliphatic rings. The lowest BCUT2D eigenvalue weighted by Crippen LogP contribution is -2.01. The summed E-state index contributed by atoms with van der Waals surface area (Å²) in [5, 5.41) is 1.92. The van der Waals surface area contributed by atoms with Crippen molar-refractivity contribution < 1.29 is 36.2 Å². The molecule has 0 spiro atoms. The summed E-state index contributed by atoms with van der Waals surface area (Å²) >= 11 is 4.41. The Morgan fingerprint density at radius 2 is 1.38 bits per heavy atom. The van der Waals surface area contributed by atoms with Crippen LogP contribution in [0, 0.1) is 29.1 Å². The third kappa shape index (κ3) is 9.62. The zero-order chi connectivity index (χ0) is 34.5. The molecule has 0 unspecified atom stereocenters. The molecule has 0 aromatic heterocycles. The first-order valence-corrected chi connectivity index (χ1v) is 15.8. The molecule has 48 heavy (non-hydrogen) atoms. The highest BCUT2D eigenvalue weighted by molar-refractivity contribution is 7.78. The lowest BCUT2D eigenvalue weighted by molar-refractivity contribution is 0.303. The summed E-state index contributed by atoms with van der Waals surface area (Å²) in [5.41, 5.74) is 1.32. The molecule has 4 aromatic rings. The van der Waals surface area contributed by atoms with Gasteiger partial charge < -0.3 is 14.2 Å². The van der Waals surface area contributed by atoms with Gasteiger partial charge in [0.1, 0.15) is 23.0 Å². The highest BCUT2D eigenvalue weighted by Gasteiger charge is 2.16. The van der Waals surface area contributed by atoms with Gasteiger partial charge in [0.05, 0.1) is 25.0 Å². The van der Waals surface area contributed by atoms with Crippen molar-refractivity contribution in [2.45, 2.75) is 39.0 Å². The fraction of sp³-hybridized carbons (Fsp3) is 0.237. The number of thiocarbonyl (C=S) groups is 1. The third-order valence-electron chi connectivity index (χ3n) is 7.33. The minimum absolute atomic E-state index is 0.0164. The van der Waals surface area contributed by atoms with Crippen LogP contribution in [0.4, 0.5) is 27.6 Å². The van der Waals surface area contributed by atoms with Gasteiger partial charge in [-0.15, -0.1) is 6.58 Å². The molecule has 0 saturated heterocycles. The van der Waals surface area contributed by atoms with E-state index in [9.17, 15) is 22.0 Å². The predicted molar refractivity (Wildman–Crippen MR) is 182 cm³/mol. The highest BCUT2D eigenvalue weighted by Crippen LogP contribution is 2.33. The zero-order valence-electron chi connectivity index (χ0n) is 26.3. The molecule has 0 atom stereocenters. The zero-order valence-corrected chi connectivity index (χ0v) is 27.2. The minimum atomic E-state index is -1.01. The number of benzene rings is 4. The quantitative estimate of drug-likeness (QED) is 0.0366. The number of isothiocyanates is 1. The van der Waals surface area contributed by atoms with Gasteiger partial charge >= 0.3 is 0 Å². The summed E-state index contributed by atoms with van der Waals surface area (Å²) in [6.07, 6.45) is 7.60. The van der Waals surface area contributed by atoms with Crippen LogP contribution in [0.3, 0.4) is 0 Å². The van der Waals surface area contributed by atoms with Gasteiger partial charge in [-0.25, -0.2) is 17.6 Å². The van der Waals surface area contributed by atoms with Gasteiger partial charge in [-0.2, -0.15) is 9.38 Å². The van der Waals surface area contributed by atoms with Crippen molar-refractivity contribution in [1.82, 2.24) is 0 Å². The van der Waals surface area contributed by atoms with E-state index in [-0.39, 0.29) is 29.0 Å². The lowest BCUT2D eigenvalue weighted by atomic mass is 10.0. The second kappa shape index (κ2) is 17.9. The third-order valence-corrected chi connectivity index (χ3v) is 7.42. The predicted octanol–water partition coefficient (Wildman–Crippen LogP) is 11.4. The van der Waals surface area contributed by atoms with E-state index in [0.717, 1.165) is 31.4 Å². The Balaban J connectivity index is 1.24. The maximum atomic E-state index is 14.8. The Kier molecular flexibility index (Phi) is 13.5. The molecule has 0 aliphatic carbocycles. The van der Waals surface area contributed by atoms with Gasteiger partial charge in [0.15, 0.2) is 23.2 Å². The molecule has 0 heterocycles. The van der Waals surface area contributed by atoms with Crippen LogP contribution in [0.15, 0.2) is 96.0 Å². The fourth-order valence-electron chi connectivity index (χ4n) is 5.00. The van der Waals surface area contributed by atoms with Gasteiger partial charge in [-0.3, -0.25) is 0 Å². The summed E-state index contributed by atoms with van der Waals surface area (Å²) in [5.74, 6) is -3.81. The van der Waals surface area contributed by atoms with E-state index in [1.54, 1.807) is 37.3 Å². The number of nitrogens with zero attached hydrogens (tertiary/aromatic N) is 1. The van der Waals surface area contributed by atoms with Gasteiger partial charge in [0.2, 0.25) is 5.82 Å². The molecule has 10 heteroatoms. The number of ether oxygens (including phenoxy) is 3. The first kappa shape index (κ1) is 36.1. The van der Waals surface area contributed by atoms with Crippen molar-refractivity contribution >= 4 is 23.1 Å². The summed E-state index contributed by atoms with van der Waals surface area (Å²) in [6.45, 7) is 6.51. The Bertz CT molecular complexity index is 1780. The maximum Gasteiger partial charge on any atom is 0.201 e. The molecule has 250 valence electrons. The van der Waals surface area contributed by atoms with Crippen LogP contribution >= 0.6 is 12.2 Å². The molecule has 0 saturated carbocycles. The van der Waals surface area contributed by atoms with E-state index in [2.05, 4.69) is 29.9 Å². The Labute approximate surface area is 282 Å². The van der Waals surface area contributed by atoms with Gasteiger partial charge in [-0.1, -0.05) is 29.9 Å². The molecule has 0 radical (unpaired) electrons. The summed E-state index contributed by atoms with van der Waals surface area (Å²) in [4.78, 5) is 3.37. The number of halogens is 5. The molecule has 0 aliphatic heterocycles. The van der Waals surface area contributed by atoms with Crippen LogP contribution in [-0.2, 0) is 0 Å². The summed E-state index contributed by atoms with van der Waals surface area (Å²) in [7, 11) is 0. The fourth-order valence-corrected chi connectivity index (χ4v) is 5.09. The van der Waals surface area contributed by atoms with Crippen LogP contribution in [0.2, 0.25) is 0 Å². The SMILES string of the molecule is C=CC/C=C(\CCCOc1ccc(-c2ccc(OCC)c(F)c2F)cc1)CCCOc1ccc(-c2cc(F)c(N=C=S)c(F)c2)c(F)c1. The second-order valence-electron chi connectivity index (χ2n) is 10.6. The van der Waals surface area contributed by atoms with E-state index in [4.69, 9.17) is 14.2 Å². The first-order chi connectivity index (χ1) is 23.2. The minimum Gasteiger partial charge on any atom is -0.494 e. The number of hydrogen-bond donors (Lipinski definition) is 0. The largest absolute Gasteiger partial charge is 0.494 e. The molecule has 0 fully saturated rings. The van der Waals surface area contributed by atoms with E-state index in [1.165, 1.54) is 29.8 Å². The Morgan fingerprint density at radius 1 is 0.750 bits per heavy atom. The molecule has 4 aromatic carbocycles. The average Bonchev–Trinajstić information content (AvgIpc) is 3.07. The van der Waals surface area contributed by atoms with Gasteiger partial charge in [0, 0.05) is 17.2 Å². The molecular formula is C38H34F5NO3S. The van der Waals surface area contributed by atoms with Gasteiger partial charge in [-0.05, 0) is 111 Å². The summed E-state index contributed by atoms with van der Waals surface area (Å²) < 4.78 is 88.9. The smallest absolute Gasteiger partial charge is 0.201 e. The molecule has 4 rings (SSSR count). The van der Waals surface area contributed by atoms with Crippen molar-refractivity contribution in [3.63, 3.8) is 0 Å².